The molecule has 1 heterocycles. The molecular weight excluding hydrogens is 494 g/mol. The largest absolute Gasteiger partial charge is 0.490 e. The number of aromatic nitrogens is 2. The molecule has 0 saturated carbocycles. The van der Waals surface area contributed by atoms with Gasteiger partial charge in [0.1, 0.15) is 18.1 Å². The van der Waals surface area contributed by atoms with E-state index in [4.69, 9.17) is 18.9 Å². The fourth-order valence-corrected chi connectivity index (χ4v) is 3.83. The molecule has 0 aliphatic carbocycles. The molecular formula is C31H35N3O5. The van der Waals surface area contributed by atoms with Crippen molar-refractivity contribution in [3.63, 3.8) is 0 Å². The van der Waals surface area contributed by atoms with Gasteiger partial charge in [0, 0.05) is 11.9 Å². The first-order valence-corrected chi connectivity index (χ1v) is 13.1. The third kappa shape index (κ3) is 7.77. The van der Waals surface area contributed by atoms with Gasteiger partial charge in [0.25, 0.3) is 5.91 Å². The minimum absolute atomic E-state index is 0.209. The second-order valence-electron chi connectivity index (χ2n) is 9.15. The molecule has 0 radical (unpaired) electrons. The normalized spacial score (nSPS) is 10.8. The van der Waals surface area contributed by atoms with Gasteiger partial charge in [-0.2, -0.15) is 5.10 Å². The van der Waals surface area contributed by atoms with Crippen LogP contribution in [0.1, 0.15) is 55.2 Å². The minimum Gasteiger partial charge on any atom is -0.490 e. The van der Waals surface area contributed by atoms with Crippen LogP contribution in [0.2, 0.25) is 0 Å². The predicted octanol–water partition coefficient (Wildman–Crippen LogP) is 6.67. The standard InChI is InChI=1S/C31H35N3O5/c1-5-36-29-16-7-23(19-30(29)37-6-2)20-38-26-14-10-25(11-15-26)32-31(35)28-17-18-34(33-28)21-39-27-12-8-24(9-13-27)22(3)4/h7-19,22H,5-6,20-21H2,1-4H3,(H,32,35). The molecule has 0 aliphatic heterocycles. The minimum atomic E-state index is -0.304. The average molecular weight is 530 g/mol. The summed E-state index contributed by atoms with van der Waals surface area (Å²) in [6.45, 7) is 9.89. The first-order chi connectivity index (χ1) is 18.9. The van der Waals surface area contributed by atoms with Crippen molar-refractivity contribution in [2.45, 2.75) is 47.0 Å². The van der Waals surface area contributed by atoms with Crippen LogP contribution in [0.4, 0.5) is 5.69 Å². The molecule has 8 nitrogen and oxygen atoms in total. The van der Waals surface area contributed by atoms with E-state index < -0.39 is 0 Å². The molecule has 1 N–H and O–H groups in total. The average Bonchev–Trinajstić information content (AvgIpc) is 3.43. The van der Waals surface area contributed by atoms with E-state index in [-0.39, 0.29) is 12.6 Å². The van der Waals surface area contributed by atoms with Crippen LogP contribution in [-0.2, 0) is 13.3 Å². The van der Waals surface area contributed by atoms with Gasteiger partial charge in [-0.25, -0.2) is 4.68 Å². The Morgan fingerprint density at radius 3 is 2.18 bits per heavy atom. The fraction of sp³-hybridized carbons (Fsp3) is 0.290. The van der Waals surface area contributed by atoms with E-state index in [2.05, 4.69) is 36.4 Å². The zero-order chi connectivity index (χ0) is 27.6. The fourth-order valence-electron chi connectivity index (χ4n) is 3.83. The smallest absolute Gasteiger partial charge is 0.276 e. The summed E-state index contributed by atoms with van der Waals surface area (Å²) in [5.41, 5.74) is 3.16. The molecule has 0 atom stereocenters. The van der Waals surface area contributed by atoms with Gasteiger partial charge >= 0.3 is 0 Å². The number of anilines is 1. The molecule has 39 heavy (non-hydrogen) atoms. The van der Waals surface area contributed by atoms with Crippen LogP contribution < -0.4 is 24.3 Å². The molecule has 0 saturated heterocycles. The summed E-state index contributed by atoms with van der Waals surface area (Å²) in [5.74, 6) is 3.02. The quantitative estimate of drug-likeness (QED) is 0.208. The van der Waals surface area contributed by atoms with E-state index in [0.29, 0.717) is 48.6 Å². The molecule has 1 amide bonds. The van der Waals surface area contributed by atoms with E-state index in [1.54, 1.807) is 29.1 Å². The molecule has 4 aromatic rings. The Hall–Kier alpha value is -4.46. The summed E-state index contributed by atoms with van der Waals surface area (Å²) >= 11 is 0. The number of ether oxygens (including phenoxy) is 4. The van der Waals surface area contributed by atoms with Crippen molar-refractivity contribution < 1.29 is 23.7 Å². The number of nitrogens with one attached hydrogen (secondary N) is 1. The molecule has 4 rings (SSSR count). The number of carbonyl (C=O) groups is 1. The Morgan fingerprint density at radius 1 is 0.821 bits per heavy atom. The van der Waals surface area contributed by atoms with E-state index in [1.165, 1.54) is 5.56 Å². The van der Waals surface area contributed by atoms with Gasteiger partial charge < -0.3 is 24.3 Å². The number of nitrogens with zero attached hydrogens (tertiary/aromatic N) is 2. The van der Waals surface area contributed by atoms with Crippen molar-refractivity contribution in [2.75, 3.05) is 18.5 Å². The summed E-state index contributed by atoms with van der Waals surface area (Å²) in [7, 11) is 0. The van der Waals surface area contributed by atoms with Gasteiger partial charge in [0.2, 0.25) is 0 Å². The lowest BCUT2D eigenvalue weighted by molar-refractivity contribution is 0.102. The van der Waals surface area contributed by atoms with Crippen LogP contribution >= 0.6 is 0 Å². The lowest BCUT2D eigenvalue weighted by Gasteiger charge is -2.13. The number of rotatable bonds is 13. The number of benzene rings is 3. The first kappa shape index (κ1) is 27.6. The monoisotopic (exact) mass is 529 g/mol. The van der Waals surface area contributed by atoms with Crippen LogP contribution in [0.25, 0.3) is 0 Å². The summed E-state index contributed by atoms with van der Waals surface area (Å²) in [5, 5.41) is 7.18. The van der Waals surface area contributed by atoms with Crippen molar-refractivity contribution in [3.05, 3.63) is 95.8 Å². The van der Waals surface area contributed by atoms with Gasteiger partial charge in [-0.1, -0.05) is 32.0 Å². The van der Waals surface area contributed by atoms with Crippen molar-refractivity contribution in [3.8, 4) is 23.0 Å². The molecule has 1 aromatic heterocycles. The van der Waals surface area contributed by atoms with Crippen molar-refractivity contribution in [1.29, 1.82) is 0 Å². The maximum atomic E-state index is 12.7. The Labute approximate surface area is 229 Å². The van der Waals surface area contributed by atoms with Crippen LogP contribution in [0, 0.1) is 0 Å². The van der Waals surface area contributed by atoms with E-state index in [9.17, 15) is 4.79 Å². The van der Waals surface area contributed by atoms with E-state index in [1.807, 2.05) is 56.3 Å². The van der Waals surface area contributed by atoms with Gasteiger partial charge in [-0.15, -0.1) is 0 Å². The molecule has 0 aliphatic rings. The van der Waals surface area contributed by atoms with Crippen molar-refractivity contribution >= 4 is 11.6 Å². The topological polar surface area (TPSA) is 83.8 Å². The van der Waals surface area contributed by atoms with Crippen LogP contribution in [0.15, 0.2) is 79.0 Å². The third-order valence-electron chi connectivity index (χ3n) is 5.91. The van der Waals surface area contributed by atoms with E-state index in [0.717, 1.165) is 17.1 Å². The van der Waals surface area contributed by atoms with Crippen molar-refractivity contribution in [2.24, 2.45) is 0 Å². The summed E-state index contributed by atoms with van der Waals surface area (Å²) < 4.78 is 24.6. The van der Waals surface area contributed by atoms with Crippen LogP contribution in [0.5, 0.6) is 23.0 Å². The number of hydrogen-bond acceptors (Lipinski definition) is 6. The molecule has 8 heteroatoms. The molecule has 0 fully saturated rings. The second kappa shape index (κ2) is 13.4. The van der Waals surface area contributed by atoms with E-state index >= 15 is 0 Å². The third-order valence-corrected chi connectivity index (χ3v) is 5.91. The van der Waals surface area contributed by atoms with Crippen LogP contribution in [0.3, 0.4) is 0 Å². The Morgan fingerprint density at radius 2 is 1.49 bits per heavy atom. The number of amides is 1. The van der Waals surface area contributed by atoms with Gasteiger partial charge in [-0.3, -0.25) is 4.79 Å². The maximum Gasteiger partial charge on any atom is 0.276 e. The number of hydrogen-bond donors (Lipinski definition) is 1. The first-order valence-electron chi connectivity index (χ1n) is 13.1. The van der Waals surface area contributed by atoms with Gasteiger partial charge in [-0.05, 0) is 85.5 Å². The Kier molecular flexibility index (Phi) is 9.45. The highest BCUT2D eigenvalue weighted by Gasteiger charge is 2.11. The zero-order valence-electron chi connectivity index (χ0n) is 22.8. The Bertz CT molecular complexity index is 1350. The van der Waals surface area contributed by atoms with Crippen LogP contribution in [-0.4, -0.2) is 28.9 Å². The second-order valence-corrected chi connectivity index (χ2v) is 9.15. The molecule has 0 unspecified atom stereocenters. The lowest BCUT2D eigenvalue weighted by atomic mass is 10.0. The summed E-state index contributed by atoms with van der Waals surface area (Å²) in [6, 6.07) is 22.6. The van der Waals surface area contributed by atoms with Gasteiger partial charge in [0.15, 0.2) is 23.9 Å². The summed E-state index contributed by atoms with van der Waals surface area (Å²) in [4.78, 5) is 12.7. The lowest BCUT2D eigenvalue weighted by Crippen LogP contribution is -2.14. The number of carbonyl (C=O) groups excluding carboxylic acids is 1. The Balaban J connectivity index is 1.27. The highest BCUT2D eigenvalue weighted by Crippen LogP contribution is 2.29. The molecule has 3 aromatic carbocycles. The zero-order valence-corrected chi connectivity index (χ0v) is 22.8. The predicted molar refractivity (Wildman–Crippen MR) is 151 cm³/mol. The van der Waals surface area contributed by atoms with Crippen molar-refractivity contribution in [1.82, 2.24) is 9.78 Å². The SMILES string of the molecule is CCOc1ccc(COc2ccc(NC(=O)c3ccn(COc4ccc(C(C)C)cc4)n3)cc2)cc1OCC. The highest BCUT2D eigenvalue weighted by atomic mass is 16.5. The summed E-state index contributed by atoms with van der Waals surface area (Å²) in [6.07, 6.45) is 1.71. The molecule has 0 bridgehead atoms. The highest BCUT2D eigenvalue weighted by molar-refractivity contribution is 6.02. The maximum absolute atomic E-state index is 12.7. The van der Waals surface area contributed by atoms with Gasteiger partial charge in [0.05, 0.1) is 13.2 Å². The molecule has 0 spiro atoms. The molecule has 204 valence electrons.